The van der Waals surface area contributed by atoms with Crippen molar-refractivity contribution >= 4 is 17.3 Å². The van der Waals surface area contributed by atoms with E-state index in [9.17, 15) is 4.79 Å². The van der Waals surface area contributed by atoms with Gasteiger partial charge in [-0.05, 0) is 26.7 Å². The molecule has 1 aliphatic rings. The van der Waals surface area contributed by atoms with Crippen molar-refractivity contribution in [2.24, 2.45) is 5.73 Å². The number of anilines is 1. The SMILES string of the molecule is CC(C)n1ncc(NC2CCCCCC2N)c(Cl)c1=O. The molecule has 0 aliphatic heterocycles. The Hall–Kier alpha value is -1.07. The lowest BCUT2D eigenvalue weighted by Gasteiger charge is -2.24. The fourth-order valence-electron chi connectivity index (χ4n) is 2.63. The average molecular weight is 299 g/mol. The predicted molar refractivity (Wildman–Crippen MR) is 82.4 cm³/mol. The lowest BCUT2D eigenvalue weighted by Crippen LogP contribution is -2.40. The van der Waals surface area contributed by atoms with Gasteiger partial charge in [0, 0.05) is 12.1 Å². The van der Waals surface area contributed by atoms with Crippen LogP contribution in [0.3, 0.4) is 0 Å². The highest BCUT2D eigenvalue weighted by Crippen LogP contribution is 2.23. The molecule has 0 bridgehead atoms. The van der Waals surface area contributed by atoms with Crippen LogP contribution < -0.4 is 16.6 Å². The Morgan fingerprint density at radius 3 is 2.80 bits per heavy atom. The summed E-state index contributed by atoms with van der Waals surface area (Å²) >= 11 is 6.17. The molecule has 1 heterocycles. The van der Waals surface area contributed by atoms with Crippen molar-refractivity contribution in [3.8, 4) is 0 Å². The molecule has 0 saturated heterocycles. The monoisotopic (exact) mass is 298 g/mol. The number of hydrogen-bond donors (Lipinski definition) is 2. The molecular weight excluding hydrogens is 276 g/mol. The average Bonchev–Trinajstić information content (AvgIpc) is 2.60. The Balaban J connectivity index is 2.21. The molecular formula is C14H23ClN4O. The Labute approximate surface area is 124 Å². The van der Waals surface area contributed by atoms with Crippen LogP contribution in [0.5, 0.6) is 0 Å². The van der Waals surface area contributed by atoms with Gasteiger partial charge >= 0.3 is 0 Å². The van der Waals surface area contributed by atoms with Crippen LogP contribution in [-0.2, 0) is 0 Å². The van der Waals surface area contributed by atoms with E-state index < -0.39 is 0 Å². The summed E-state index contributed by atoms with van der Waals surface area (Å²) in [5, 5.41) is 7.68. The molecule has 0 spiro atoms. The quantitative estimate of drug-likeness (QED) is 0.841. The predicted octanol–water partition coefficient (Wildman–Crippen LogP) is 2.55. The van der Waals surface area contributed by atoms with Crippen LogP contribution in [0.2, 0.25) is 5.02 Å². The Morgan fingerprint density at radius 2 is 2.10 bits per heavy atom. The number of aromatic nitrogens is 2. The molecule has 1 aliphatic carbocycles. The number of nitrogens with two attached hydrogens (primary N) is 1. The highest BCUT2D eigenvalue weighted by molar-refractivity contribution is 6.32. The summed E-state index contributed by atoms with van der Waals surface area (Å²) in [6.45, 7) is 3.80. The van der Waals surface area contributed by atoms with Crippen LogP contribution in [-0.4, -0.2) is 21.9 Å². The molecule has 5 nitrogen and oxygen atoms in total. The molecule has 2 unspecified atom stereocenters. The minimum absolute atomic E-state index is 0.00538. The third kappa shape index (κ3) is 3.33. The van der Waals surface area contributed by atoms with Gasteiger partial charge in [-0.25, -0.2) is 4.68 Å². The maximum atomic E-state index is 12.1. The van der Waals surface area contributed by atoms with Crippen LogP contribution in [0.4, 0.5) is 5.69 Å². The Bertz CT molecular complexity index is 514. The van der Waals surface area contributed by atoms with Gasteiger partial charge in [-0.2, -0.15) is 5.10 Å². The van der Waals surface area contributed by atoms with E-state index >= 15 is 0 Å². The minimum Gasteiger partial charge on any atom is -0.378 e. The summed E-state index contributed by atoms with van der Waals surface area (Å²) in [4.78, 5) is 12.1. The van der Waals surface area contributed by atoms with Crippen LogP contribution in [0.1, 0.15) is 52.0 Å². The molecule has 20 heavy (non-hydrogen) atoms. The first-order valence-corrected chi connectivity index (χ1v) is 7.68. The lowest BCUT2D eigenvalue weighted by atomic mass is 10.0. The number of nitrogens with zero attached hydrogens (tertiary/aromatic N) is 2. The zero-order chi connectivity index (χ0) is 14.7. The van der Waals surface area contributed by atoms with Crippen molar-refractivity contribution in [3.05, 3.63) is 21.6 Å². The normalized spacial score (nSPS) is 23.6. The second-order valence-corrected chi connectivity index (χ2v) is 6.15. The highest BCUT2D eigenvalue weighted by Gasteiger charge is 2.22. The Morgan fingerprint density at radius 1 is 1.40 bits per heavy atom. The van der Waals surface area contributed by atoms with Gasteiger partial charge in [-0.3, -0.25) is 4.79 Å². The van der Waals surface area contributed by atoms with Gasteiger partial charge in [0.05, 0.1) is 17.9 Å². The fourth-order valence-corrected chi connectivity index (χ4v) is 2.82. The summed E-state index contributed by atoms with van der Waals surface area (Å²) in [7, 11) is 0. The second-order valence-electron chi connectivity index (χ2n) is 5.77. The van der Waals surface area contributed by atoms with Gasteiger partial charge in [-0.1, -0.05) is 30.9 Å². The third-order valence-electron chi connectivity index (χ3n) is 3.84. The first-order valence-electron chi connectivity index (χ1n) is 7.30. The van der Waals surface area contributed by atoms with E-state index in [0.717, 1.165) is 19.3 Å². The van der Waals surface area contributed by atoms with Crippen molar-refractivity contribution in [1.82, 2.24) is 9.78 Å². The molecule has 1 fully saturated rings. The van der Waals surface area contributed by atoms with E-state index in [0.29, 0.717) is 5.69 Å². The second kappa shape index (κ2) is 6.59. The van der Waals surface area contributed by atoms with Crippen LogP contribution in [0.25, 0.3) is 0 Å². The molecule has 2 rings (SSSR count). The first-order chi connectivity index (χ1) is 9.50. The van der Waals surface area contributed by atoms with E-state index in [2.05, 4.69) is 10.4 Å². The third-order valence-corrected chi connectivity index (χ3v) is 4.21. The van der Waals surface area contributed by atoms with E-state index in [1.807, 2.05) is 13.8 Å². The van der Waals surface area contributed by atoms with Gasteiger partial charge in [-0.15, -0.1) is 0 Å². The molecule has 1 saturated carbocycles. The number of rotatable bonds is 3. The van der Waals surface area contributed by atoms with E-state index in [-0.39, 0.29) is 28.7 Å². The van der Waals surface area contributed by atoms with Crippen molar-refractivity contribution < 1.29 is 0 Å². The number of hydrogen-bond acceptors (Lipinski definition) is 4. The van der Waals surface area contributed by atoms with E-state index in [1.165, 1.54) is 17.5 Å². The molecule has 0 amide bonds. The molecule has 0 aromatic carbocycles. The molecule has 2 atom stereocenters. The van der Waals surface area contributed by atoms with Gasteiger partial charge < -0.3 is 11.1 Å². The van der Waals surface area contributed by atoms with Crippen molar-refractivity contribution in [2.45, 2.75) is 64.1 Å². The Kier molecular flexibility index (Phi) is 5.05. The molecule has 3 N–H and O–H groups in total. The summed E-state index contributed by atoms with van der Waals surface area (Å²) < 4.78 is 1.39. The number of nitrogens with one attached hydrogen (secondary N) is 1. The van der Waals surface area contributed by atoms with Crippen molar-refractivity contribution in [1.29, 1.82) is 0 Å². The molecule has 1 aromatic rings. The van der Waals surface area contributed by atoms with Crippen LogP contribution in [0.15, 0.2) is 11.0 Å². The summed E-state index contributed by atoms with van der Waals surface area (Å²) in [5.41, 5.74) is 6.52. The van der Waals surface area contributed by atoms with Crippen LogP contribution >= 0.6 is 11.6 Å². The van der Waals surface area contributed by atoms with Crippen LogP contribution in [0, 0.1) is 0 Å². The van der Waals surface area contributed by atoms with Crippen molar-refractivity contribution in [3.63, 3.8) is 0 Å². The first kappa shape index (κ1) is 15.3. The number of halogens is 1. The summed E-state index contributed by atoms with van der Waals surface area (Å²) in [6.07, 6.45) is 7.17. The fraction of sp³-hybridized carbons (Fsp3) is 0.714. The zero-order valence-electron chi connectivity index (χ0n) is 12.1. The van der Waals surface area contributed by atoms with E-state index in [4.69, 9.17) is 17.3 Å². The molecule has 6 heteroatoms. The minimum atomic E-state index is -0.256. The van der Waals surface area contributed by atoms with Gasteiger partial charge in [0.15, 0.2) is 0 Å². The largest absolute Gasteiger partial charge is 0.378 e. The molecule has 0 radical (unpaired) electrons. The summed E-state index contributed by atoms with van der Waals surface area (Å²) in [6, 6.07) is 0.251. The van der Waals surface area contributed by atoms with Gasteiger partial charge in [0.2, 0.25) is 0 Å². The van der Waals surface area contributed by atoms with E-state index in [1.54, 1.807) is 6.20 Å². The van der Waals surface area contributed by atoms with Gasteiger partial charge in [0.25, 0.3) is 5.56 Å². The maximum absolute atomic E-state index is 12.1. The summed E-state index contributed by atoms with van der Waals surface area (Å²) in [5.74, 6) is 0. The van der Waals surface area contributed by atoms with Gasteiger partial charge in [0.1, 0.15) is 5.02 Å². The topological polar surface area (TPSA) is 72.9 Å². The molecule has 112 valence electrons. The lowest BCUT2D eigenvalue weighted by molar-refractivity contribution is 0.500. The molecule has 1 aromatic heterocycles. The van der Waals surface area contributed by atoms with Crippen molar-refractivity contribution in [2.75, 3.05) is 5.32 Å². The maximum Gasteiger partial charge on any atom is 0.287 e. The standard InChI is InChI=1S/C14H23ClN4O/c1-9(2)19-14(20)13(15)12(8-17-19)18-11-7-5-3-4-6-10(11)16/h8-11,18H,3-7,16H2,1-2H3. The zero-order valence-corrected chi connectivity index (χ0v) is 12.9. The smallest absolute Gasteiger partial charge is 0.287 e. The highest BCUT2D eigenvalue weighted by atomic mass is 35.5.